The van der Waals surface area contributed by atoms with Crippen LogP contribution in [0.2, 0.25) is 5.02 Å². The summed E-state index contributed by atoms with van der Waals surface area (Å²) < 4.78 is 27.4. The maximum absolute atomic E-state index is 13.0. The maximum atomic E-state index is 13.0. The van der Waals surface area contributed by atoms with Gasteiger partial charge in [0.05, 0.1) is 4.90 Å². The van der Waals surface area contributed by atoms with E-state index in [9.17, 15) is 13.2 Å². The van der Waals surface area contributed by atoms with Gasteiger partial charge in [0.15, 0.2) is 0 Å². The van der Waals surface area contributed by atoms with Crippen LogP contribution in [0.15, 0.2) is 76.6 Å². The van der Waals surface area contributed by atoms with Crippen molar-refractivity contribution in [3.8, 4) is 0 Å². The Morgan fingerprint density at radius 1 is 0.970 bits per heavy atom. The second-order valence-corrected chi connectivity index (χ2v) is 10.9. The van der Waals surface area contributed by atoms with Crippen molar-refractivity contribution in [1.82, 2.24) is 9.62 Å². The van der Waals surface area contributed by atoms with Crippen molar-refractivity contribution in [2.24, 2.45) is 4.99 Å². The molecule has 3 aromatic rings. The lowest BCUT2D eigenvalue weighted by molar-refractivity contribution is -0.124. The lowest BCUT2D eigenvalue weighted by Crippen LogP contribution is -2.50. The molecule has 170 valence electrons. The van der Waals surface area contributed by atoms with Gasteiger partial charge in [-0.05, 0) is 53.8 Å². The zero-order chi connectivity index (χ0) is 23.1. The van der Waals surface area contributed by atoms with Crippen molar-refractivity contribution in [3.05, 3.63) is 77.3 Å². The Hall–Kier alpha value is -2.74. The summed E-state index contributed by atoms with van der Waals surface area (Å²) >= 11 is 5.98. The molecule has 0 unspecified atom stereocenters. The number of fused-ring (bicyclic) bond motifs is 1. The van der Waals surface area contributed by atoms with Crippen molar-refractivity contribution in [2.45, 2.75) is 36.1 Å². The molecule has 33 heavy (non-hydrogen) atoms. The van der Waals surface area contributed by atoms with Crippen LogP contribution in [0.3, 0.4) is 0 Å². The van der Waals surface area contributed by atoms with E-state index in [1.807, 2.05) is 18.2 Å². The molecule has 0 aromatic heterocycles. The fourth-order valence-electron chi connectivity index (χ4n) is 4.68. The van der Waals surface area contributed by atoms with Crippen LogP contribution in [0.25, 0.3) is 10.8 Å². The number of nitrogens with one attached hydrogen (secondary N) is 1. The third-order valence-electron chi connectivity index (χ3n) is 6.52. The standard InChI is InChI=1S/C25H24ClN3O3S/c26-20-8-4-9-21(17-20)33(31,32)29-15-13-25(14-16-29)24(30)27-23(28-25)12-11-19-7-3-6-18-5-1-2-10-22(18)19/h1-10,17H,11-16H2,(H,27,28,30). The van der Waals surface area contributed by atoms with E-state index in [1.54, 1.807) is 12.1 Å². The number of benzene rings is 3. The monoisotopic (exact) mass is 481 g/mol. The van der Waals surface area contributed by atoms with Gasteiger partial charge in [0.2, 0.25) is 10.0 Å². The summed E-state index contributed by atoms with van der Waals surface area (Å²) in [5.74, 6) is 0.550. The Morgan fingerprint density at radius 2 is 1.70 bits per heavy atom. The third-order valence-corrected chi connectivity index (χ3v) is 8.65. The molecule has 3 aromatic carbocycles. The largest absolute Gasteiger partial charge is 0.312 e. The molecular formula is C25H24ClN3O3S. The van der Waals surface area contributed by atoms with Crippen molar-refractivity contribution < 1.29 is 13.2 Å². The number of sulfonamides is 1. The Morgan fingerprint density at radius 3 is 2.48 bits per heavy atom. The number of aryl methyl sites for hydroxylation is 1. The van der Waals surface area contributed by atoms with Gasteiger partial charge in [0.25, 0.3) is 5.91 Å². The van der Waals surface area contributed by atoms with Crippen molar-refractivity contribution in [3.63, 3.8) is 0 Å². The minimum atomic E-state index is -3.66. The van der Waals surface area contributed by atoms with Crippen LogP contribution >= 0.6 is 11.6 Å². The Labute approximate surface area is 198 Å². The molecule has 2 aliphatic rings. The van der Waals surface area contributed by atoms with Gasteiger partial charge in [-0.25, -0.2) is 8.42 Å². The van der Waals surface area contributed by atoms with Gasteiger partial charge in [-0.15, -0.1) is 0 Å². The number of amides is 1. The average Bonchev–Trinajstić information content (AvgIpc) is 3.12. The van der Waals surface area contributed by atoms with Gasteiger partial charge >= 0.3 is 0 Å². The fourth-order valence-corrected chi connectivity index (χ4v) is 6.42. The Kier molecular flexibility index (Phi) is 5.72. The van der Waals surface area contributed by atoms with Crippen LogP contribution < -0.4 is 5.32 Å². The van der Waals surface area contributed by atoms with Gasteiger partial charge in [-0.3, -0.25) is 9.79 Å². The molecule has 6 nitrogen and oxygen atoms in total. The lowest BCUT2D eigenvalue weighted by Gasteiger charge is -2.34. The molecule has 0 radical (unpaired) electrons. The first kappa shape index (κ1) is 22.1. The van der Waals surface area contributed by atoms with Gasteiger partial charge in [-0.2, -0.15) is 4.31 Å². The Balaban J connectivity index is 1.28. The van der Waals surface area contributed by atoms with Crippen LogP contribution in [-0.2, 0) is 21.2 Å². The highest BCUT2D eigenvalue weighted by atomic mass is 35.5. The molecule has 1 fully saturated rings. The number of amidine groups is 1. The summed E-state index contributed by atoms with van der Waals surface area (Å²) in [6.07, 6.45) is 2.12. The van der Waals surface area contributed by atoms with E-state index in [2.05, 4.69) is 29.6 Å². The molecule has 1 N–H and O–H groups in total. The van der Waals surface area contributed by atoms with E-state index < -0.39 is 15.6 Å². The minimum Gasteiger partial charge on any atom is -0.312 e. The number of carbonyl (C=O) groups excluding carboxylic acids is 1. The van der Waals surface area contributed by atoms with E-state index >= 15 is 0 Å². The number of rotatable bonds is 5. The summed E-state index contributed by atoms with van der Waals surface area (Å²) in [7, 11) is -3.66. The predicted octanol–water partition coefficient (Wildman–Crippen LogP) is 4.18. The van der Waals surface area contributed by atoms with Crippen LogP contribution in [0, 0.1) is 0 Å². The molecular weight excluding hydrogens is 458 g/mol. The summed E-state index contributed by atoms with van der Waals surface area (Å²) in [6.45, 7) is 0.477. The van der Waals surface area contributed by atoms with E-state index in [1.165, 1.54) is 32.8 Å². The van der Waals surface area contributed by atoms with Crippen LogP contribution in [-0.4, -0.2) is 43.1 Å². The highest BCUT2D eigenvalue weighted by molar-refractivity contribution is 7.89. The predicted molar refractivity (Wildman–Crippen MR) is 130 cm³/mol. The SMILES string of the molecule is O=C1NC(CCc2cccc3ccccc23)=NC12CCN(S(=O)(=O)c1cccc(Cl)c1)CC2. The van der Waals surface area contributed by atoms with E-state index in [4.69, 9.17) is 16.6 Å². The van der Waals surface area contributed by atoms with Crippen LogP contribution in [0.5, 0.6) is 0 Å². The maximum Gasteiger partial charge on any atom is 0.253 e. The second-order valence-electron chi connectivity index (χ2n) is 8.54. The second kappa shape index (κ2) is 8.56. The molecule has 2 aliphatic heterocycles. The summed E-state index contributed by atoms with van der Waals surface area (Å²) in [6, 6.07) is 20.8. The van der Waals surface area contributed by atoms with E-state index in [-0.39, 0.29) is 23.9 Å². The topological polar surface area (TPSA) is 78.8 Å². The zero-order valence-corrected chi connectivity index (χ0v) is 19.6. The molecule has 5 rings (SSSR count). The van der Waals surface area contributed by atoms with Gasteiger partial charge in [0.1, 0.15) is 11.4 Å². The fraction of sp³-hybridized carbons (Fsp3) is 0.280. The first-order valence-electron chi connectivity index (χ1n) is 11.0. The molecule has 1 amide bonds. The Bertz CT molecular complexity index is 1360. The molecule has 0 saturated carbocycles. The minimum absolute atomic E-state index is 0.129. The summed E-state index contributed by atoms with van der Waals surface area (Å²) in [5, 5.41) is 5.73. The average molecular weight is 482 g/mol. The number of halogens is 1. The smallest absolute Gasteiger partial charge is 0.253 e. The van der Waals surface area contributed by atoms with Crippen molar-refractivity contribution in [1.29, 1.82) is 0 Å². The highest BCUT2D eigenvalue weighted by Gasteiger charge is 2.47. The molecule has 8 heteroatoms. The van der Waals surface area contributed by atoms with Gasteiger partial charge < -0.3 is 5.32 Å². The number of carbonyl (C=O) groups is 1. The van der Waals surface area contributed by atoms with Gasteiger partial charge in [0, 0.05) is 24.5 Å². The zero-order valence-electron chi connectivity index (χ0n) is 18.0. The summed E-state index contributed by atoms with van der Waals surface area (Å²) in [4.78, 5) is 17.8. The van der Waals surface area contributed by atoms with E-state index in [0.29, 0.717) is 30.1 Å². The number of piperidine rings is 1. The van der Waals surface area contributed by atoms with Crippen LogP contribution in [0.1, 0.15) is 24.8 Å². The molecule has 1 saturated heterocycles. The molecule has 0 bridgehead atoms. The van der Waals surface area contributed by atoms with Gasteiger partial charge in [-0.1, -0.05) is 60.1 Å². The third kappa shape index (κ3) is 4.16. The molecule has 0 atom stereocenters. The number of hydrogen-bond donors (Lipinski definition) is 1. The number of aliphatic imine (C=N–C) groups is 1. The number of hydrogen-bond acceptors (Lipinski definition) is 4. The normalized spacial score (nSPS) is 18.5. The number of nitrogens with zero attached hydrogens (tertiary/aromatic N) is 2. The lowest BCUT2D eigenvalue weighted by atomic mass is 9.89. The van der Waals surface area contributed by atoms with Crippen molar-refractivity contribution in [2.75, 3.05) is 13.1 Å². The highest BCUT2D eigenvalue weighted by Crippen LogP contribution is 2.33. The quantitative estimate of drug-likeness (QED) is 0.593. The first-order chi connectivity index (χ1) is 15.9. The molecule has 0 aliphatic carbocycles. The molecule has 1 spiro atoms. The summed E-state index contributed by atoms with van der Waals surface area (Å²) in [5.41, 5.74) is 0.336. The first-order valence-corrected chi connectivity index (χ1v) is 12.8. The van der Waals surface area contributed by atoms with E-state index in [0.717, 1.165) is 6.42 Å². The molecule has 2 heterocycles. The van der Waals surface area contributed by atoms with Crippen LogP contribution in [0.4, 0.5) is 0 Å². The van der Waals surface area contributed by atoms with Crippen molar-refractivity contribution >= 4 is 44.1 Å².